The maximum Gasteiger partial charge on any atom is 0.192 e. The zero-order valence-corrected chi connectivity index (χ0v) is 22.3. The average Bonchev–Trinajstić information content (AvgIpc) is 3.44. The van der Waals surface area contributed by atoms with Gasteiger partial charge in [0.15, 0.2) is 8.32 Å². The van der Waals surface area contributed by atoms with Crippen LogP contribution in [-0.2, 0) is 29.4 Å². The van der Waals surface area contributed by atoms with Gasteiger partial charge in [-0.2, -0.15) is 0 Å². The maximum atomic E-state index is 11.1. The Hall–Kier alpha value is -1.14. The highest BCUT2D eigenvalue weighted by Crippen LogP contribution is 2.48. The van der Waals surface area contributed by atoms with Crippen molar-refractivity contribution >= 4 is 29.9 Å². The minimum Gasteiger partial charge on any atom is -0.412 e. The van der Waals surface area contributed by atoms with E-state index in [1.807, 2.05) is 0 Å². The molecule has 0 aromatic heterocycles. The van der Waals surface area contributed by atoms with Crippen LogP contribution >= 0.6 is 15.9 Å². The molecule has 1 N–H and O–H groups in total. The van der Waals surface area contributed by atoms with E-state index in [9.17, 15) is 5.11 Å². The van der Waals surface area contributed by atoms with Gasteiger partial charge in [0.05, 0.1) is 6.61 Å². The summed E-state index contributed by atoms with van der Waals surface area (Å²) in [6.45, 7) is 15.0. The summed E-state index contributed by atoms with van der Waals surface area (Å²) in [5.41, 5.74) is 6.60. The Labute approximate surface area is 197 Å². The molecule has 0 saturated heterocycles. The average molecular weight is 503 g/mol. The number of aliphatic hydroxyl groups is 1. The zero-order chi connectivity index (χ0) is 22.6. The SMILES string of the molecule is CC1(c2ccc3c(c2)CN(c2cccc(Br)c2CO[Si](C)(C)C(C)(C)C)C(O)C3)CC1. The molecular formula is C26H36BrNO2Si. The molecule has 3 nitrogen and oxygen atoms in total. The predicted molar refractivity (Wildman–Crippen MR) is 135 cm³/mol. The highest BCUT2D eigenvalue weighted by atomic mass is 79.9. The number of nitrogens with zero attached hydrogens (tertiary/aromatic N) is 1. The Morgan fingerprint density at radius 2 is 1.87 bits per heavy atom. The fraction of sp³-hybridized carbons (Fsp3) is 0.538. The van der Waals surface area contributed by atoms with Crippen molar-refractivity contribution in [1.29, 1.82) is 0 Å². The lowest BCUT2D eigenvalue weighted by Gasteiger charge is -2.39. The number of fused-ring (bicyclic) bond motifs is 1. The number of halogens is 1. The normalized spacial score (nSPS) is 20.5. The van der Waals surface area contributed by atoms with Gasteiger partial charge in [-0.15, -0.1) is 0 Å². The largest absolute Gasteiger partial charge is 0.412 e. The second kappa shape index (κ2) is 8.02. The molecule has 2 aromatic carbocycles. The third-order valence-corrected chi connectivity index (χ3v) is 13.0. The fourth-order valence-corrected chi connectivity index (χ4v) is 5.50. The van der Waals surface area contributed by atoms with Gasteiger partial charge in [0, 0.05) is 28.7 Å². The molecule has 1 saturated carbocycles. The van der Waals surface area contributed by atoms with E-state index >= 15 is 0 Å². The Morgan fingerprint density at radius 3 is 2.52 bits per heavy atom. The molecule has 1 aliphatic carbocycles. The number of rotatable bonds is 5. The van der Waals surface area contributed by atoms with Crippen LogP contribution in [0.5, 0.6) is 0 Å². The van der Waals surface area contributed by atoms with E-state index in [1.165, 1.54) is 29.5 Å². The molecule has 2 aliphatic rings. The second-order valence-electron chi connectivity index (χ2n) is 11.1. The van der Waals surface area contributed by atoms with Crippen LogP contribution in [0.25, 0.3) is 0 Å². The molecule has 2 aromatic rings. The lowest BCUT2D eigenvalue weighted by Crippen LogP contribution is -2.42. The summed E-state index contributed by atoms with van der Waals surface area (Å²) in [5, 5.41) is 11.2. The molecule has 4 rings (SSSR count). The van der Waals surface area contributed by atoms with E-state index in [2.05, 4.69) is 98.0 Å². The molecule has 0 amide bonds. The number of aliphatic hydroxyl groups excluding tert-OH is 1. The summed E-state index contributed by atoms with van der Waals surface area (Å²) in [6.07, 6.45) is 2.68. The topological polar surface area (TPSA) is 32.7 Å². The lowest BCUT2D eigenvalue weighted by molar-refractivity contribution is 0.160. The summed E-state index contributed by atoms with van der Waals surface area (Å²) in [4.78, 5) is 2.15. The van der Waals surface area contributed by atoms with Gasteiger partial charge in [0.25, 0.3) is 0 Å². The summed E-state index contributed by atoms with van der Waals surface area (Å²) in [7, 11) is -1.88. The maximum absolute atomic E-state index is 11.1. The van der Waals surface area contributed by atoms with E-state index in [1.54, 1.807) is 0 Å². The molecule has 1 fully saturated rings. The molecule has 0 spiro atoms. The summed E-state index contributed by atoms with van der Waals surface area (Å²) in [6, 6.07) is 13.1. The van der Waals surface area contributed by atoms with E-state index in [-0.39, 0.29) is 5.04 Å². The summed E-state index contributed by atoms with van der Waals surface area (Å²) < 4.78 is 7.61. The highest BCUT2D eigenvalue weighted by molar-refractivity contribution is 9.10. The third kappa shape index (κ3) is 4.52. The van der Waals surface area contributed by atoms with Crippen LogP contribution in [0.1, 0.15) is 62.8 Å². The van der Waals surface area contributed by atoms with Crippen LogP contribution in [-0.4, -0.2) is 19.7 Å². The first-order valence-corrected chi connectivity index (χ1v) is 15.1. The van der Waals surface area contributed by atoms with Gasteiger partial charge in [0.1, 0.15) is 6.23 Å². The third-order valence-electron chi connectivity index (χ3n) is 7.79. The molecule has 1 unspecified atom stereocenters. The first-order chi connectivity index (χ1) is 14.4. The van der Waals surface area contributed by atoms with E-state index < -0.39 is 14.5 Å². The van der Waals surface area contributed by atoms with Gasteiger partial charge in [-0.25, -0.2) is 0 Å². The number of hydrogen-bond acceptors (Lipinski definition) is 3. The van der Waals surface area contributed by atoms with Gasteiger partial charge in [-0.1, -0.05) is 67.9 Å². The number of anilines is 1. The van der Waals surface area contributed by atoms with Gasteiger partial charge in [0.2, 0.25) is 0 Å². The second-order valence-corrected chi connectivity index (χ2v) is 16.8. The zero-order valence-electron chi connectivity index (χ0n) is 19.8. The van der Waals surface area contributed by atoms with Crippen molar-refractivity contribution in [2.24, 2.45) is 0 Å². The van der Waals surface area contributed by atoms with Crippen molar-refractivity contribution in [3.8, 4) is 0 Å². The molecule has 1 atom stereocenters. The Morgan fingerprint density at radius 1 is 1.16 bits per heavy atom. The van der Waals surface area contributed by atoms with E-state index in [0.29, 0.717) is 18.4 Å². The van der Waals surface area contributed by atoms with Crippen molar-refractivity contribution in [2.45, 2.75) is 89.9 Å². The van der Waals surface area contributed by atoms with Crippen molar-refractivity contribution in [3.05, 3.63) is 63.1 Å². The Kier molecular flexibility index (Phi) is 5.95. The van der Waals surface area contributed by atoms with Crippen molar-refractivity contribution < 1.29 is 9.53 Å². The number of benzene rings is 2. The predicted octanol–water partition coefficient (Wildman–Crippen LogP) is 6.90. The van der Waals surface area contributed by atoms with Crippen molar-refractivity contribution in [2.75, 3.05) is 4.90 Å². The first-order valence-electron chi connectivity index (χ1n) is 11.4. The van der Waals surface area contributed by atoms with Crippen LogP contribution in [0.15, 0.2) is 40.9 Å². The van der Waals surface area contributed by atoms with Crippen LogP contribution < -0.4 is 4.90 Å². The quantitative estimate of drug-likeness (QED) is 0.452. The standard InChI is InChI=1S/C26H36BrNO2Si/c1-25(2,3)31(5,6)30-17-21-22(27)8-7-9-23(21)28-16-19-14-20(26(4)12-13-26)11-10-18(19)15-24(28)29/h7-11,14,24,29H,12-13,15-17H2,1-6H3. The molecule has 5 heteroatoms. The monoisotopic (exact) mass is 501 g/mol. The van der Waals surface area contributed by atoms with Crippen molar-refractivity contribution in [3.63, 3.8) is 0 Å². The van der Waals surface area contributed by atoms with Crippen LogP contribution in [0.2, 0.25) is 18.1 Å². The van der Waals surface area contributed by atoms with E-state index in [0.717, 1.165) is 22.3 Å². The number of hydrogen-bond donors (Lipinski definition) is 1. The van der Waals surface area contributed by atoms with Crippen LogP contribution in [0.4, 0.5) is 5.69 Å². The molecular weight excluding hydrogens is 466 g/mol. The minimum absolute atomic E-state index is 0.160. The molecule has 1 aliphatic heterocycles. The summed E-state index contributed by atoms with van der Waals surface area (Å²) >= 11 is 3.76. The van der Waals surface area contributed by atoms with Gasteiger partial charge in [-0.3, -0.25) is 0 Å². The van der Waals surface area contributed by atoms with Gasteiger partial charge >= 0.3 is 0 Å². The molecule has 1 heterocycles. The van der Waals surface area contributed by atoms with Gasteiger partial charge in [-0.05, 0) is 65.2 Å². The molecule has 168 valence electrons. The van der Waals surface area contributed by atoms with Crippen molar-refractivity contribution in [1.82, 2.24) is 0 Å². The first kappa shape index (κ1) is 23.0. The van der Waals surface area contributed by atoms with E-state index in [4.69, 9.17) is 4.43 Å². The molecule has 0 bridgehead atoms. The molecule has 0 radical (unpaired) electrons. The van der Waals surface area contributed by atoms with Crippen LogP contribution in [0, 0.1) is 0 Å². The Balaban J connectivity index is 1.63. The molecule has 31 heavy (non-hydrogen) atoms. The Bertz CT molecular complexity index is 978. The smallest absolute Gasteiger partial charge is 0.192 e. The van der Waals surface area contributed by atoms with Gasteiger partial charge < -0.3 is 14.4 Å². The lowest BCUT2D eigenvalue weighted by atomic mass is 9.90. The fourth-order valence-electron chi connectivity index (χ4n) is 4.09. The minimum atomic E-state index is -1.88. The highest BCUT2D eigenvalue weighted by Gasteiger charge is 2.40. The van der Waals surface area contributed by atoms with Crippen LogP contribution in [0.3, 0.4) is 0 Å². The summed E-state index contributed by atoms with van der Waals surface area (Å²) in [5.74, 6) is 0.